The van der Waals surface area contributed by atoms with Gasteiger partial charge in [-0.1, -0.05) is 200 Å². The van der Waals surface area contributed by atoms with Gasteiger partial charge in [-0.3, -0.25) is 0 Å². The van der Waals surface area contributed by atoms with Crippen LogP contribution in [-0.4, -0.2) is 19.9 Å². The Bertz CT molecular complexity index is 3200. The molecule has 2 heterocycles. The van der Waals surface area contributed by atoms with E-state index in [0.717, 1.165) is 101 Å². The molecule has 0 amide bonds. The Balaban J connectivity index is 1.25. The second kappa shape index (κ2) is 17.4. The smallest absolute Gasteiger partial charge is 0.161 e. The highest BCUT2D eigenvalue weighted by molar-refractivity contribution is 6.01. The molecule has 0 aliphatic carbocycles. The van der Waals surface area contributed by atoms with E-state index in [1.807, 2.05) is 72.8 Å². The molecule has 5 nitrogen and oxygen atoms in total. The molecule has 302 valence electrons. The molecule has 0 bridgehead atoms. The maximum absolute atomic E-state index is 9.78. The van der Waals surface area contributed by atoms with E-state index in [1.165, 1.54) is 0 Å². The first-order chi connectivity index (χ1) is 31.6. The fraction of sp³-hybridized carbons (Fsp3) is 0.0339. The Morgan fingerprint density at radius 3 is 1.03 bits per heavy atom. The Kier molecular flexibility index (Phi) is 10.8. The molecule has 0 saturated heterocycles. The number of hydrogen-bond donors (Lipinski definition) is 0. The fourth-order valence-corrected chi connectivity index (χ4v) is 8.62. The van der Waals surface area contributed by atoms with Crippen LogP contribution >= 0.6 is 0 Å². The summed E-state index contributed by atoms with van der Waals surface area (Å²) in [6.45, 7) is 4.21. The standard InChI is InChI=1S/C59H41N5/c1-39-54(43-20-7-3-8-21-43)61-58(62-55(39)44-22-9-4-10-23-44)51-30-17-15-28-48(51)49-33-19-32-47(42-36-34-41(38-60)35-37-42)53(49)50-29-16-18-31-52(50)59-63-56(45-24-11-5-12-25-45)40(2)57(64-59)46-26-13-6-14-27-46/h3-37H,1-2H3. The van der Waals surface area contributed by atoms with Gasteiger partial charge in [-0.2, -0.15) is 5.26 Å². The lowest BCUT2D eigenvalue weighted by Crippen LogP contribution is -2.03. The number of aromatic nitrogens is 4. The molecule has 0 fully saturated rings. The van der Waals surface area contributed by atoms with Crippen LogP contribution in [0.15, 0.2) is 212 Å². The minimum Gasteiger partial charge on any atom is -0.228 e. The van der Waals surface area contributed by atoms with Crippen molar-refractivity contribution in [1.82, 2.24) is 19.9 Å². The third-order valence-corrected chi connectivity index (χ3v) is 11.8. The van der Waals surface area contributed by atoms with Gasteiger partial charge >= 0.3 is 0 Å². The van der Waals surface area contributed by atoms with Gasteiger partial charge in [0.1, 0.15) is 0 Å². The molecule has 8 aromatic carbocycles. The quantitative estimate of drug-likeness (QED) is 0.145. The van der Waals surface area contributed by atoms with Crippen molar-refractivity contribution in [1.29, 1.82) is 5.26 Å². The van der Waals surface area contributed by atoms with Crippen LogP contribution in [0.2, 0.25) is 0 Å². The van der Waals surface area contributed by atoms with Gasteiger partial charge in [0.2, 0.25) is 0 Å². The zero-order valence-corrected chi connectivity index (χ0v) is 35.4. The van der Waals surface area contributed by atoms with Gasteiger partial charge in [-0.15, -0.1) is 0 Å². The van der Waals surface area contributed by atoms with E-state index in [4.69, 9.17) is 19.9 Å². The van der Waals surface area contributed by atoms with Crippen molar-refractivity contribution in [2.24, 2.45) is 0 Å². The second-order valence-electron chi connectivity index (χ2n) is 15.7. The van der Waals surface area contributed by atoms with E-state index >= 15 is 0 Å². The maximum atomic E-state index is 9.78. The highest BCUT2D eigenvalue weighted by Crippen LogP contribution is 2.46. The minimum absolute atomic E-state index is 0.599. The molecule has 0 aliphatic heterocycles. The van der Waals surface area contributed by atoms with E-state index in [2.05, 4.69) is 159 Å². The molecule has 5 heteroatoms. The molecule has 0 radical (unpaired) electrons. The van der Waals surface area contributed by atoms with Crippen molar-refractivity contribution in [2.45, 2.75) is 13.8 Å². The maximum Gasteiger partial charge on any atom is 0.161 e. The van der Waals surface area contributed by atoms with Crippen LogP contribution in [0.4, 0.5) is 0 Å². The van der Waals surface area contributed by atoms with E-state index in [0.29, 0.717) is 17.2 Å². The first-order valence-corrected chi connectivity index (χ1v) is 21.4. The lowest BCUT2D eigenvalue weighted by Gasteiger charge is -2.21. The Morgan fingerprint density at radius 1 is 0.297 bits per heavy atom. The zero-order valence-electron chi connectivity index (χ0n) is 35.4. The van der Waals surface area contributed by atoms with Crippen LogP contribution in [0.5, 0.6) is 0 Å². The fourth-order valence-electron chi connectivity index (χ4n) is 8.62. The van der Waals surface area contributed by atoms with Crippen molar-refractivity contribution in [3.05, 3.63) is 229 Å². The summed E-state index contributed by atoms with van der Waals surface area (Å²) in [5.74, 6) is 1.25. The van der Waals surface area contributed by atoms with Gasteiger partial charge < -0.3 is 0 Å². The predicted molar refractivity (Wildman–Crippen MR) is 261 cm³/mol. The highest BCUT2D eigenvalue weighted by Gasteiger charge is 2.24. The third kappa shape index (κ3) is 7.55. The summed E-state index contributed by atoms with van der Waals surface area (Å²) in [6, 6.07) is 74.8. The Labute approximate surface area is 373 Å². The summed E-state index contributed by atoms with van der Waals surface area (Å²) >= 11 is 0. The SMILES string of the molecule is Cc1c(-c2ccccc2)nc(-c2ccccc2-c2cccc(-c3ccc(C#N)cc3)c2-c2ccccc2-c2nc(-c3ccccc3)c(C)c(-c3ccccc3)n2)nc1-c1ccccc1. The van der Waals surface area contributed by atoms with E-state index in [-0.39, 0.29) is 0 Å². The zero-order chi connectivity index (χ0) is 43.4. The van der Waals surface area contributed by atoms with Crippen LogP contribution in [-0.2, 0) is 0 Å². The number of benzene rings is 8. The van der Waals surface area contributed by atoms with E-state index < -0.39 is 0 Å². The van der Waals surface area contributed by atoms with Gasteiger partial charge in [0.05, 0.1) is 34.4 Å². The number of nitriles is 1. The van der Waals surface area contributed by atoms with Crippen LogP contribution < -0.4 is 0 Å². The minimum atomic E-state index is 0.599. The molecular formula is C59H41N5. The average Bonchev–Trinajstić information content (AvgIpc) is 3.37. The van der Waals surface area contributed by atoms with Crippen molar-refractivity contribution in [3.63, 3.8) is 0 Å². The summed E-state index contributed by atoms with van der Waals surface area (Å²) < 4.78 is 0. The first kappa shape index (κ1) is 39.5. The van der Waals surface area contributed by atoms with Crippen LogP contribution in [0.25, 0.3) is 101 Å². The van der Waals surface area contributed by atoms with Crippen LogP contribution in [0, 0.1) is 25.2 Å². The Hall–Kier alpha value is -8.59. The van der Waals surface area contributed by atoms with Gasteiger partial charge in [-0.05, 0) is 59.4 Å². The molecule has 2 aromatic heterocycles. The molecule has 0 unspecified atom stereocenters. The average molecular weight is 820 g/mol. The van der Waals surface area contributed by atoms with Gasteiger partial charge in [-0.25, -0.2) is 19.9 Å². The second-order valence-corrected chi connectivity index (χ2v) is 15.7. The summed E-state index contributed by atoms with van der Waals surface area (Å²) in [7, 11) is 0. The molecule has 0 spiro atoms. The monoisotopic (exact) mass is 819 g/mol. The number of nitrogens with zero attached hydrogens (tertiary/aromatic N) is 5. The molecule has 64 heavy (non-hydrogen) atoms. The van der Waals surface area contributed by atoms with Crippen molar-refractivity contribution >= 4 is 0 Å². The van der Waals surface area contributed by atoms with Crippen LogP contribution in [0.1, 0.15) is 16.7 Å². The topological polar surface area (TPSA) is 75.3 Å². The third-order valence-electron chi connectivity index (χ3n) is 11.8. The molecule has 0 saturated carbocycles. The summed E-state index contributed by atoms with van der Waals surface area (Å²) in [4.78, 5) is 21.5. The van der Waals surface area contributed by atoms with Gasteiger partial charge in [0.25, 0.3) is 0 Å². The molecular weight excluding hydrogens is 779 g/mol. The van der Waals surface area contributed by atoms with Gasteiger partial charge in [0.15, 0.2) is 11.6 Å². The van der Waals surface area contributed by atoms with Crippen molar-refractivity contribution < 1.29 is 0 Å². The lowest BCUT2D eigenvalue weighted by molar-refractivity contribution is 1.15. The molecule has 0 N–H and O–H groups in total. The van der Waals surface area contributed by atoms with E-state index in [1.54, 1.807) is 0 Å². The summed E-state index contributed by atoms with van der Waals surface area (Å²) in [6.07, 6.45) is 0. The largest absolute Gasteiger partial charge is 0.228 e. The first-order valence-electron chi connectivity index (χ1n) is 21.4. The van der Waals surface area contributed by atoms with Crippen LogP contribution in [0.3, 0.4) is 0 Å². The highest BCUT2D eigenvalue weighted by atomic mass is 14.9. The summed E-state index contributed by atoms with van der Waals surface area (Å²) in [5.41, 5.74) is 18.0. The van der Waals surface area contributed by atoms with Crippen molar-refractivity contribution in [3.8, 4) is 107 Å². The normalized spacial score (nSPS) is 11.0. The Morgan fingerprint density at radius 2 is 0.625 bits per heavy atom. The van der Waals surface area contributed by atoms with Crippen molar-refractivity contribution in [2.75, 3.05) is 0 Å². The molecule has 10 aromatic rings. The number of rotatable bonds is 9. The predicted octanol–water partition coefficient (Wildman–Crippen LogP) is 14.8. The van der Waals surface area contributed by atoms with Gasteiger partial charge in [0, 0.05) is 44.5 Å². The lowest BCUT2D eigenvalue weighted by atomic mass is 9.84. The molecule has 0 atom stereocenters. The molecule has 10 rings (SSSR count). The van der Waals surface area contributed by atoms with E-state index in [9.17, 15) is 5.26 Å². The number of hydrogen-bond acceptors (Lipinski definition) is 5. The molecule has 0 aliphatic rings. The summed E-state index contributed by atoms with van der Waals surface area (Å²) in [5, 5.41) is 9.78.